The molecule has 130 valence electrons. The zero-order valence-electron chi connectivity index (χ0n) is 14.1. The molecular weight excluding hydrogens is 336 g/mol. The molecule has 0 atom stereocenters. The van der Waals surface area contributed by atoms with Crippen LogP contribution in [0.1, 0.15) is 25.8 Å². The number of nitro groups is 1. The average molecular weight is 356 g/mol. The van der Waals surface area contributed by atoms with Gasteiger partial charge in [0.05, 0.1) is 4.92 Å². The van der Waals surface area contributed by atoms with Crippen molar-refractivity contribution in [2.75, 3.05) is 22.5 Å². The molecule has 0 spiro atoms. The Morgan fingerprint density at radius 1 is 1.16 bits per heavy atom. The lowest BCUT2D eigenvalue weighted by molar-refractivity contribution is -0.384. The van der Waals surface area contributed by atoms with Crippen molar-refractivity contribution in [3.05, 3.63) is 58.1 Å². The fourth-order valence-electron chi connectivity index (χ4n) is 2.94. The second-order valence-corrected chi connectivity index (χ2v) is 7.11. The fraction of sp³-hybridized carbons (Fsp3) is 0.278. The van der Waals surface area contributed by atoms with E-state index >= 15 is 0 Å². The summed E-state index contributed by atoms with van der Waals surface area (Å²) in [4.78, 5) is 10.3. The molecule has 0 bridgehead atoms. The van der Waals surface area contributed by atoms with Crippen LogP contribution in [0.25, 0.3) is 0 Å². The molecule has 2 aromatic carbocycles. The smallest absolute Gasteiger partial charge is 0.269 e. The molecule has 7 heteroatoms. The summed E-state index contributed by atoms with van der Waals surface area (Å²) in [6.07, 6.45) is 1.08. The molecule has 0 saturated heterocycles. The minimum atomic E-state index is -0.427. The Hall–Kier alpha value is -2.67. The largest absolute Gasteiger partial charge is 0.385 e. The molecule has 1 heterocycles. The highest BCUT2D eigenvalue weighted by molar-refractivity contribution is 7.80. The molecule has 1 aliphatic heterocycles. The van der Waals surface area contributed by atoms with Crippen LogP contribution < -0.4 is 16.0 Å². The summed E-state index contributed by atoms with van der Waals surface area (Å²) < 4.78 is 0. The Morgan fingerprint density at radius 3 is 2.48 bits per heavy atom. The van der Waals surface area contributed by atoms with E-state index in [9.17, 15) is 10.1 Å². The molecule has 3 N–H and O–H groups in total. The van der Waals surface area contributed by atoms with Crippen molar-refractivity contribution in [3.8, 4) is 0 Å². The first kappa shape index (κ1) is 17.2. The second kappa shape index (κ2) is 6.68. The van der Waals surface area contributed by atoms with Gasteiger partial charge >= 0.3 is 0 Å². The number of fused-ring (bicyclic) bond motifs is 1. The van der Waals surface area contributed by atoms with Gasteiger partial charge in [-0.25, -0.2) is 0 Å². The van der Waals surface area contributed by atoms with E-state index in [1.165, 1.54) is 17.7 Å². The predicted octanol–water partition coefficient (Wildman–Crippen LogP) is 4.50. The maximum atomic E-state index is 10.7. The summed E-state index contributed by atoms with van der Waals surface area (Å²) >= 11 is 5.34. The van der Waals surface area contributed by atoms with E-state index in [0.29, 0.717) is 10.8 Å². The van der Waals surface area contributed by atoms with Crippen molar-refractivity contribution in [2.45, 2.75) is 25.7 Å². The van der Waals surface area contributed by atoms with Gasteiger partial charge in [-0.2, -0.15) is 0 Å². The summed E-state index contributed by atoms with van der Waals surface area (Å²) in [5.41, 5.74) is 4.20. The normalized spacial score (nSPS) is 14.8. The van der Waals surface area contributed by atoms with Crippen LogP contribution >= 0.6 is 12.2 Å². The monoisotopic (exact) mass is 356 g/mol. The number of thiocarbonyl (C=S) groups is 1. The molecule has 3 rings (SSSR count). The number of hydrogen-bond donors (Lipinski definition) is 3. The summed E-state index contributed by atoms with van der Waals surface area (Å²) in [5, 5.41) is 20.8. The highest BCUT2D eigenvalue weighted by Gasteiger charge is 2.27. The fourth-order valence-corrected chi connectivity index (χ4v) is 3.18. The van der Waals surface area contributed by atoms with Crippen LogP contribution in [0.2, 0.25) is 0 Å². The van der Waals surface area contributed by atoms with E-state index in [1.807, 2.05) is 6.07 Å². The van der Waals surface area contributed by atoms with Gasteiger partial charge in [0, 0.05) is 35.7 Å². The maximum Gasteiger partial charge on any atom is 0.269 e. The molecule has 6 nitrogen and oxygen atoms in total. The molecule has 0 amide bonds. The van der Waals surface area contributed by atoms with Gasteiger partial charge in [-0.1, -0.05) is 13.8 Å². The minimum Gasteiger partial charge on any atom is -0.385 e. The number of nitro benzene ring substituents is 1. The summed E-state index contributed by atoms with van der Waals surface area (Å²) in [6.45, 7) is 5.46. The van der Waals surface area contributed by atoms with Crippen molar-refractivity contribution in [2.24, 2.45) is 0 Å². The molecule has 0 aromatic heterocycles. The van der Waals surface area contributed by atoms with Crippen molar-refractivity contribution < 1.29 is 4.92 Å². The molecule has 0 unspecified atom stereocenters. The van der Waals surface area contributed by atoms with Gasteiger partial charge in [0.15, 0.2) is 5.11 Å². The first-order chi connectivity index (χ1) is 11.8. The molecule has 0 radical (unpaired) electrons. The quantitative estimate of drug-likeness (QED) is 0.427. The number of rotatable bonds is 3. The Balaban J connectivity index is 1.70. The van der Waals surface area contributed by atoms with Gasteiger partial charge in [-0.3, -0.25) is 10.1 Å². The van der Waals surface area contributed by atoms with E-state index in [-0.39, 0.29) is 11.1 Å². The third-order valence-corrected chi connectivity index (χ3v) is 4.61. The van der Waals surface area contributed by atoms with E-state index in [1.54, 1.807) is 12.1 Å². The van der Waals surface area contributed by atoms with E-state index in [2.05, 4.69) is 41.9 Å². The van der Waals surface area contributed by atoms with Crippen LogP contribution in [0.4, 0.5) is 22.7 Å². The summed E-state index contributed by atoms with van der Waals surface area (Å²) in [7, 11) is 0. The van der Waals surface area contributed by atoms with Gasteiger partial charge in [0.1, 0.15) is 0 Å². The lowest BCUT2D eigenvalue weighted by Crippen LogP contribution is -2.28. The zero-order chi connectivity index (χ0) is 18.0. The third-order valence-electron chi connectivity index (χ3n) is 4.41. The van der Waals surface area contributed by atoms with Crippen LogP contribution in [0.5, 0.6) is 0 Å². The molecular formula is C18H20N4O2S. The van der Waals surface area contributed by atoms with Crippen LogP contribution in [-0.4, -0.2) is 16.6 Å². The number of nitrogens with one attached hydrogen (secondary N) is 3. The van der Waals surface area contributed by atoms with Gasteiger partial charge in [-0.05, 0) is 59.9 Å². The topological polar surface area (TPSA) is 79.2 Å². The van der Waals surface area contributed by atoms with Crippen molar-refractivity contribution in [1.29, 1.82) is 0 Å². The molecule has 0 fully saturated rings. The summed E-state index contributed by atoms with van der Waals surface area (Å²) in [6, 6.07) is 12.3. The van der Waals surface area contributed by atoms with Crippen molar-refractivity contribution in [1.82, 2.24) is 0 Å². The Morgan fingerprint density at radius 2 is 1.80 bits per heavy atom. The van der Waals surface area contributed by atoms with E-state index in [0.717, 1.165) is 24.3 Å². The standard InChI is InChI=1S/C18H20N4O2S/c1-18(2)9-10-19-16-8-5-13(11-15(16)18)21-17(25)20-12-3-6-14(7-4-12)22(23)24/h3-8,11,19H,9-10H2,1-2H3,(H2,20,21,25). The van der Waals surface area contributed by atoms with Gasteiger partial charge < -0.3 is 16.0 Å². The molecule has 25 heavy (non-hydrogen) atoms. The minimum absolute atomic E-state index is 0.0499. The number of hydrogen-bond acceptors (Lipinski definition) is 4. The zero-order valence-corrected chi connectivity index (χ0v) is 14.9. The van der Waals surface area contributed by atoms with Crippen LogP contribution in [0.15, 0.2) is 42.5 Å². The average Bonchev–Trinajstić information content (AvgIpc) is 2.55. The maximum absolute atomic E-state index is 10.7. The Kier molecular flexibility index (Phi) is 4.59. The second-order valence-electron chi connectivity index (χ2n) is 6.70. The first-order valence-electron chi connectivity index (χ1n) is 8.06. The molecule has 0 aliphatic carbocycles. The number of non-ortho nitro benzene ring substituents is 1. The number of benzene rings is 2. The SMILES string of the molecule is CC1(C)CCNc2ccc(NC(=S)Nc3ccc([N+](=O)[O-])cc3)cc21. The van der Waals surface area contributed by atoms with Gasteiger partial charge in [-0.15, -0.1) is 0 Å². The first-order valence-corrected chi connectivity index (χ1v) is 8.47. The van der Waals surface area contributed by atoms with Gasteiger partial charge in [0.25, 0.3) is 5.69 Å². The third kappa shape index (κ3) is 3.88. The van der Waals surface area contributed by atoms with E-state index < -0.39 is 4.92 Å². The number of nitrogens with zero attached hydrogens (tertiary/aromatic N) is 1. The van der Waals surface area contributed by atoms with Crippen molar-refractivity contribution in [3.63, 3.8) is 0 Å². The lowest BCUT2D eigenvalue weighted by Gasteiger charge is -2.33. The highest BCUT2D eigenvalue weighted by atomic mass is 32.1. The molecule has 0 saturated carbocycles. The Labute approximate surface area is 151 Å². The van der Waals surface area contributed by atoms with Gasteiger partial charge in [0.2, 0.25) is 0 Å². The number of anilines is 3. The Bertz CT molecular complexity index is 818. The summed E-state index contributed by atoms with van der Waals surface area (Å²) in [5.74, 6) is 0. The van der Waals surface area contributed by atoms with Crippen LogP contribution in [-0.2, 0) is 5.41 Å². The van der Waals surface area contributed by atoms with E-state index in [4.69, 9.17) is 12.2 Å². The highest BCUT2D eigenvalue weighted by Crippen LogP contribution is 2.38. The molecule has 2 aromatic rings. The predicted molar refractivity (Wildman–Crippen MR) is 106 cm³/mol. The van der Waals surface area contributed by atoms with Crippen molar-refractivity contribution >= 4 is 40.1 Å². The molecule has 1 aliphatic rings. The van der Waals surface area contributed by atoms with Crippen LogP contribution in [0.3, 0.4) is 0 Å². The lowest BCUT2D eigenvalue weighted by atomic mass is 9.78. The van der Waals surface area contributed by atoms with Crippen LogP contribution in [0, 0.1) is 10.1 Å².